The molecule has 0 unspecified atom stereocenters. The van der Waals surface area contributed by atoms with E-state index in [-0.39, 0.29) is 11.9 Å². The maximum atomic E-state index is 14.0. The van der Waals surface area contributed by atoms with Gasteiger partial charge in [0, 0.05) is 18.6 Å². The minimum absolute atomic E-state index is 0.108. The zero-order valence-electron chi connectivity index (χ0n) is 13.3. The topological polar surface area (TPSA) is 85.6 Å². The van der Waals surface area contributed by atoms with Crippen molar-refractivity contribution in [3.63, 3.8) is 0 Å². The van der Waals surface area contributed by atoms with E-state index in [2.05, 4.69) is 25.3 Å². The first kappa shape index (κ1) is 16.2. The molecule has 0 aliphatic rings. The Balaban J connectivity index is 1.88. The van der Waals surface area contributed by atoms with Crippen LogP contribution < -0.4 is 5.32 Å². The average molecular weight is 346 g/mol. The van der Waals surface area contributed by atoms with Gasteiger partial charge in [0.15, 0.2) is 16.6 Å². The minimum Gasteiger partial charge on any atom is -0.283 e. The number of nitrogens with zero attached hydrogens (tertiary/aromatic N) is 5. The van der Waals surface area contributed by atoms with Gasteiger partial charge in [0.05, 0.1) is 16.3 Å². The standard InChI is InChI=1S/C15H15FN6OS/c1-9-11(10-4-5-18-12(20-10)15(2,3)16)24-13(19-9)21-14(23)22-7-6-17-8-22/h4-8H,1-3H3,(H,19,21,23). The van der Waals surface area contributed by atoms with Gasteiger partial charge in [-0.15, -0.1) is 0 Å². The lowest BCUT2D eigenvalue weighted by Crippen LogP contribution is -2.17. The van der Waals surface area contributed by atoms with Crippen LogP contribution in [-0.2, 0) is 5.67 Å². The number of carbonyl (C=O) groups excluding carboxylic acids is 1. The lowest BCUT2D eigenvalue weighted by atomic mass is 10.1. The molecule has 7 nitrogen and oxygen atoms in total. The molecule has 3 heterocycles. The van der Waals surface area contributed by atoms with E-state index in [9.17, 15) is 9.18 Å². The number of aromatic nitrogens is 5. The summed E-state index contributed by atoms with van der Waals surface area (Å²) in [6.07, 6.45) is 5.97. The average Bonchev–Trinajstić information content (AvgIpc) is 3.16. The van der Waals surface area contributed by atoms with Crippen LogP contribution in [0, 0.1) is 6.92 Å². The Labute approximate surface area is 141 Å². The van der Waals surface area contributed by atoms with Gasteiger partial charge in [0.2, 0.25) is 0 Å². The van der Waals surface area contributed by atoms with Gasteiger partial charge in [-0.25, -0.2) is 29.1 Å². The van der Waals surface area contributed by atoms with Gasteiger partial charge < -0.3 is 0 Å². The van der Waals surface area contributed by atoms with E-state index >= 15 is 0 Å². The number of aryl methyl sites for hydroxylation is 1. The molecular weight excluding hydrogens is 331 g/mol. The number of imidazole rings is 1. The fraction of sp³-hybridized carbons (Fsp3) is 0.267. The van der Waals surface area contributed by atoms with E-state index < -0.39 is 5.67 Å². The van der Waals surface area contributed by atoms with Crippen molar-refractivity contribution < 1.29 is 9.18 Å². The molecule has 0 aromatic carbocycles. The van der Waals surface area contributed by atoms with Gasteiger partial charge in [-0.2, -0.15) is 0 Å². The van der Waals surface area contributed by atoms with E-state index in [1.54, 1.807) is 13.0 Å². The molecule has 0 spiro atoms. The summed E-state index contributed by atoms with van der Waals surface area (Å²) in [6, 6.07) is 1.33. The highest BCUT2D eigenvalue weighted by Crippen LogP contribution is 2.32. The van der Waals surface area contributed by atoms with Crippen molar-refractivity contribution in [1.82, 2.24) is 24.5 Å². The molecular formula is C15H15FN6OS. The SMILES string of the molecule is Cc1nc(NC(=O)n2ccnc2)sc1-c1ccnc(C(C)(C)F)n1. The van der Waals surface area contributed by atoms with Crippen LogP contribution in [0.1, 0.15) is 25.4 Å². The third-order valence-corrected chi connectivity index (χ3v) is 4.26. The van der Waals surface area contributed by atoms with Gasteiger partial charge in [-0.1, -0.05) is 11.3 Å². The first-order valence-electron chi connectivity index (χ1n) is 7.14. The predicted octanol–water partition coefficient (Wildman–Crippen LogP) is 3.39. The number of thiazole rings is 1. The number of alkyl halides is 1. The van der Waals surface area contributed by atoms with Crippen LogP contribution in [0.3, 0.4) is 0 Å². The summed E-state index contributed by atoms with van der Waals surface area (Å²) >= 11 is 1.27. The summed E-state index contributed by atoms with van der Waals surface area (Å²) < 4.78 is 15.4. The maximum absolute atomic E-state index is 14.0. The molecule has 0 saturated carbocycles. The number of halogens is 1. The lowest BCUT2D eigenvalue weighted by molar-refractivity contribution is 0.206. The third kappa shape index (κ3) is 3.30. The Morgan fingerprint density at radius 3 is 2.79 bits per heavy atom. The highest BCUT2D eigenvalue weighted by molar-refractivity contribution is 7.19. The number of rotatable bonds is 3. The molecule has 3 rings (SSSR count). The molecule has 1 N–H and O–H groups in total. The van der Waals surface area contributed by atoms with E-state index in [0.717, 1.165) is 4.88 Å². The van der Waals surface area contributed by atoms with Crippen LogP contribution in [0.5, 0.6) is 0 Å². The number of hydrogen-bond donors (Lipinski definition) is 1. The monoisotopic (exact) mass is 346 g/mol. The van der Waals surface area contributed by atoms with E-state index in [0.29, 0.717) is 16.5 Å². The maximum Gasteiger partial charge on any atom is 0.333 e. The minimum atomic E-state index is -1.63. The Morgan fingerprint density at radius 2 is 2.12 bits per heavy atom. The summed E-state index contributed by atoms with van der Waals surface area (Å²) in [7, 11) is 0. The van der Waals surface area contributed by atoms with Gasteiger partial charge in [0.1, 0.15) is 6.33 Å². The largest absolute Gasteiger partial charge is 0.333 e. The number of amides is 1. The summed E-state index contributed by atoms with van der Waals surface area (Å²) in [5.74, 6) is 0.108. The lowest BCUT2D eigenvalue weighted by Gasteiger charge is -2.12. The fourth-order valence-corrected chi connectivity index (χ4v) is 2.92. The number of nitrogens with one attached hydrogen (secondary N) is 1. The highest BCUT2D eigenvalue weighted by atomic mass is 32.1. The Bertz CT molecular complexity index is 868. The molecule has 124 valence electrons. The van der Waals surface area contributed by atoms with Crippen LogP contribution in [-0.4, -0.2) is 30.5 Å². The van der Waals surface area contributed by atoms with E-state index in [1.165, 1.54) is 54.7 Å². The zero-order valence-corrected chi connectivity index (χ0v) is 14.1. The first-order chi connectivity index (χ1) is 11.3. The first-order valence-corrected chi connectivity index (χ1v) is 7.96. The molecule has 3 aromatic heterocycles. The molecule has 0 radical (unpaired) electrons. The molecule has 9 heteroatoms. The quantitative estimate of drug-likeness (QED) is 0.785. The molecule has 0 fully saturated rings. The molecule has 0 aliphatic heterocycles. The summed E-state index contributed by atoms with van der Waals surface area (Å²) in [4.78, 5) is 29.2. The van der Waals surface area contributed by atoms with Crippen molar-refractivity contribution in [2.24, 2.45) is 0 Å². The van der Waals surface area contributed by atoms with Crippen LogP contribution in [0.2, 0.25) is 0 Å². The molecule has 1 amide bonds. The fourth-order valence-electron chi connectivity index (χ4n) is 1.99. The van der Waals surface area contributed by atoms with Crippen molar-refractivity contribution in [2.75, 3.05) is 5.32 Å². The molecule has 24 heavy (non-hydrogen) atoms. The van der Waals surface area contributed by atoms with E-state index in [1.807, 2.05) is 0 Å². The van der Waals surface area contributed by atoms with Crippen molar-refractivity contribution in [3.05, 3.63) is 42.5 Å². The Hall–Kier alpha value is -2.68. The number of carbonyl (C=O) groups is 1. The molecule has 3 aromatic rings. The van der Waals surface area contributed by atoms with Crippen LogP contribution >= 0.6 is 11.3 Å². The second-order valence-electron chi connectivity index (χ2n) is 5.57. The summed E-state index contributed by atoms with van der Waals surface area (Å²) in [5, 5.41) is 3.13. The highest BCUT2D eigenvalue weighted by Gasteiger charge is 2.23. The zero-order chi connectivity index (χ0) is 17.3. The van der Waals surface area contributed by atoms with Gasteiger partial charge in [-0.05, 0) is 26.8 Å². The van der Waals surface area contributed by atoms with E-state index in [4.69, 9.17) is 0 Å². The smallest absolute Gasteiger partial charge is 0.283 e. The van der Waals surface area contributed by atoms with Crippen molar-refractivity contribution in [3.8, 4) is 10.6 Å². The molecule has 0 aliphatic carbocycles. The van der Waals surface area contributed by atoms with Gasteiger partial charge in [-0.3, -0.25) is 9.88 Å². The van der Waals surface area contributed by atoms with Crippen LogP contribution in [0.15, 0.2) is 31.0 Å². The second-order valence-corrected chi connectivity index (χ2v) is 6.57. The summed E-state index contributed by atoms with van der Waals surface area (Å²) in [5.41, 5.74) is -0.362. The molecule has 0 atom stereocenters. The van der Waals surface area contributed by atoms with Crippen molar-refractivity contribution in [2.45, 2.75) is 26.4 Å². The third-order valence-electron chi connectivity index (χ3n) is 3.17. The predicted molar refractivity (Wildman–Crippen MR) is 88.7 cm³/mol. The molecule has 0 bridgehead atoms. The van der Waals surface area contributed by atoms with Crippen LogP contribution in [0.25, 0.3) is 10.6 Å². The van der Waals surface area contributed by atoms with Gasteiger partial charge in [0.25, 0.3) is 0 Å². The second kappa shape index (κ2) is 6.08. The normalized spacial score (nSPS) is 11.5. The van der Waals surface area contributed by atoms with Crippen LogP contribution in [0.4, 0.5) is 14.3 Å². The summed E-state index contributed by atoms with van der Waals surface area (Å²) in [6.45, 7) is 4.62. The Kier molecular flexibility index (Phi) is 4.10. The number of anilines is 1. The van der Waals surface area contributed by atoms with Gasteiger partial charge >= 0.3 is 6.03 Å². The van der Waals surface area contributed by atoms with Crippen molar-refractivity contribution in [1.29, 1.82) is 0 Å². The molecule has 0 saturated heterocycles. The van der Waals surface area contributed by atoms with Crippen molar-refractivity contribution >= 4 is 22.5 Å². The Morgan fingerprint density at radius 1 is 1.33 bits per heavy atom. The number of hydrogen-bond acceptors (Lipinski definition) is 6.